The number of rotatable bonds is 1. The van der Waals surface area contributed by atoms with E-state index in [-0.39, 0.29) is 5.69 Å². The molecule has 4 rings (SSSR count). The minimum atomic E-state index is -0.330. The van der Waals surface area contributed by atoms with Crippen LogP contribution in [0.25, 0.3) is 28.5 Å². The van der Waals surface area contributed by atoms with E-state index < -0.39 is 0 Å². The molecule has 0 fully saturated rings. The quantitative estimate of drug-likeness (QED) is 0.537. The molecule has 8 nitrogen and oxygen atoms in total. The van der Waals surface area contributed by atoms with Crippen LogP contribution in [-0.2, 0) is 7.05 Å². The summed E-state index contributed by atoms with van der Waals surface area (Å²) in [4.78, 5) is 26.9. The van der Waals surface area contributed by atoms with Crippen molar-refractivity contribution in [3.05, 3.63) is 35.1 Å². The summed E-state index contributed by atoms with van der Waals surface area (Å²) in [5, 5.41) is 0. The van der Waals surface area contributed by atoms with Gasteiger partial charge < -0.3 is 9.40 Å². The molecule has 0 saturated heterocycles. The fraction of sp³-hybridized carbons (Fsp3) is 0.0909. The van der Waals surface area contributed by atoms with Gasteiger partial charge in [-0.2, -0.15) is 4.98 Å². The van der Waals surface area contributed by atoms with E-state index in [0.717, 1.165) is 0 Å². The average Bonchev–Trinajstić information content (AvgIpc) is 3.08. The molecule has 4 heterocycles. The summed E-state index contributed by atoms with van der Waals surface area (Å²) in [6.45, 7) is 0. The Bertz CT molecular complexity index is 943. The lowest BCUT2D eigenvalue weighted by Gasteiger charge is -1.97. The van der Waals surface area contributed by atoms with Crippen molar-refractivity contribution in [2.75, 3.05) is 0 Å². The minimum Gasteiger partial charge on any atom is -0.461 e. The molecule has 4 aromatic heterocycles. The lowest BCUT2D eigenvalue weighted by molar-refractivity contribution is 0.577. The van der Waals surface area contributed by atoms with E-state index in [1.165, 1.54) is 4.68 Å². The highest BCUT2D eigenvalue weighted by Gasteiger charge is 2.13. The van der Waals surface area contributed by atoms with Crippen LogP contribution in [0.5, 0.6) is 0 Å². The second-order valence-corrected chi connectivity index (χ2v) is 4.08. The third-order valence-electron chi connectivity index (χ3n) is 2.95. The maximum absolute atomic E-state index is 11.5. The molecule has 0 aliphatic carbocycles. The van der Waals surface area contributed by atoms with Gasteiger partial charge in [-0.15, -0.1) is 0 Å². The van der Waals surface area contributed by atoms with Crippen LogP contribution in [0.1, 0.15) is 0 Å². The molecule has 0 unspecified atom stereocenters. The maximum atomic E-state index is 11.5. The molecule has 0 saturated carbocycles. The summed E-state index contributed by atoms with van der Waals surface area (Å²) >= 11 is 0. The van der Waals surface area contributed by atoms with Gasteiger partial charge in [-0.05, 0) is 12.1 Å². The van der Waals surface area contributed by atoms with Gasteiger partial charge in [0.05, 0.1) is 12.5 Å². The van der Waals surface area contributed by atoms with Crippen molar-refractivity contribution in [1.29, 1.82) is 0 Å². The Morgan fingerprint density at radius 2 is 2.26 bits per heavy atom. The molecular weight excluding hydrogens is 248 g/mol. The van der Waals surface area contributed by atoms with Crippen molar-refractivity contribution in [2.24, 2.45) is 7.05 Å². The van der Waals surface area contributed by atoms with E-state index in [9.17, 15) is 4.79 Å². The number of hydrogen-bond acceptors (Lipinski definition) is 5. The van der Waals surface area contributed by atoms with Gasteiger partial charge in [0.15, 0.2) is 17.2 Å². The van der Waals surface area contributed by atoms with Crippen molar-refractivity contribution in [3.8, 4) is 11.6 Å². The van der Waals surface area contributed by atoms with Crippen LogP contribution in [0.15, 0.2) is 33.8 Å². The molecule has 1 N–H and O–H groups in total. The molecular formula is C11H8N6O2. The average molecular weight is 256 g/mol. The van der Waals surface area contributed by atoms with E-state index in [1.54, 1.807) is 36.2 Å². The first kappa shape index (κ1) is 10.1. The third kappa shape index (κ3) is 1.27. The molecule has 8 heteroatoms. The Morgan fingerprint density at radius 3 is 3.05 bits per heavy atom. The second kappa shape index (κ2) is 3.31. The first-order valence-corrected chi connectivity index (χ1v) is 5.58. The molecule has 0 bridgehead atoms. The molecule has 0 spiro atoms. The third-order valence-corrected chi connectivity index (χ3v) is 2.95. The minimum absolute atomic E-state index is 0.330. The number of nitrogens with zero attached hydrogens (tertiary/aromatic N) is 5. The predicted octanol–water partition coefficient (Wildman–Crippen LogP) is 0.564. The zero-order chi connectivity index (χ0) is 13.0. The smallest absolute Gasteiger partial charge is 0.365 e. The molecule has 0 aromatic carbocycles. The van der Waals surface area contributed by atoms with Gasteiger partial charge in [0.25, 0.3) is 0 Å². The Labute approximate surface area is 105 Å². The molecule has 4 aromatic rings. The van der Waals surface area contributed by atoms with Gasteiger partial charge >= 0.3 is 5.69 Å². The summed E-state index contributed by atoms with van der Waals surface area (Å²) in [5.41, 5.74) is 0.949. The van der Waals surface area contributed by atoms with Crippen molar-refractivity contribution in [3.63, 3.8) is 0 Å². The number of aromatic amines is 1. The Balaban J connectivity index is 2.06. The number of aromatic nitrogens is 6. The molecule has 19 heavy (non-hydrogen) atoms. The molecule has 0 aliphatic rings. The molecule has 0 radical (unpaired) electrons. The normalized spacial score (nSPS) is 11.6. The van der Waals surface area contributed by atoms with Gasteiger partial charge in [-0.3, -0.25) is 0 Å². The highest BCUT2D eigenvalue weighted by molar-refractivity contribution is 5.75. The van der Waals surface area contributed by atoms with Crippen LogP contribution in [-0.4, -0.2) is 29.1 Å². The number of fused-ring (bicyclic) bond motifs is 3. The molecule has 0 atom stereocenters. The lowest BCUT2D eigenvalue weighted by Crippen LogP contribution is -2.16. The standard InChI is InChI=1S/C11H8N6O2/c1-16-11(18)15-10-14-8-6(17(10)16)5-12-9(13-8)7-3-2-4-19-7/h2-5H,1H3,(H,12,13,14,15,18). The predicted molar refractivity (Wildman–Crippen MR) is 65.6 cm³/mol. The summed E-state index contributed by atoms with van der Waals surface area (Å²) < 4.78 is 8.27. The van der Waals surface area contributed by atoms with E-state index in [0.29, 0.717) is 28.5 Å². The monoisotopic (exact) mass is 256 g/mol. The number of hydrogen-bond donors (Lipinski definition) is 1. The lowest BCUT2D eigenvalue weighted by atomic mass is 10.4. The molecule has 0 aliphatic heterocycles. The van der Waals surface area contributed by atoms with Gasteiger partial charge in [-0.1, -0.05) is 0 Å². The number of aryl methyl sites for hydroxylation is 1. The summed E-state index contributed by atoms with van der Waals surface area (Å²) in [5.74, 6) is 1.50. The highest BCUT2D eigenvalue weighted by Crippen LogP contribution is 2.18. The summed E-state index contributed by atoms with van der Waals surface area (Å²) in [6.07, 6.45) is 3.19. The van der Waals surface area contributed by atoms with Gasteiger partial charge in [-0.25, -0.2) is 24.0 Å². The fourth-order valence-corrected chi connectivity index (χ4v) is 2.05. The first-order valence-electron chi connectivity index (χ1n) is 5.58. The highest BCUT2D eigenvalue weighted by atomic mass is 16.3. The van der Waals surface area contributed by atoms with Crippen LogP contribution in [0.2, 0.25) is 0 Å². The van der Waals surface area contributed by atoms with Gasteiger partial charge in [0.1, 0.15) is 5.52 Å². The van der Waals surface area contributed by atoms with Gasteiger partial charge in [0.2, 0.25) is 5.78 Å². The number of H-pyrrole nitrogens is 1. The van der Waals surface area contributed by atoms with E-state index in [1.807, 2.05) is 0 Å². The van der Waals surface area contributed by atoms with E-state index in [4.69, 9.17) is 4.42 Å². The molecule has 0 amide bonds. The van der Waals surface area contributed by atoms with Crippen LogP contribution in [0, 0.1) is 0 Å². The van der Waals surface area contributed by atoms with Crippen molar-refractivity contribution >= 4 is 16.9 Å². The Hall–Kier alpha value is -2.90. The SMILES string of the molecule is Cn1c(=O)nc2[nH]c3nc(-c4ccco4)ncc3n21. The summed E-state index contributed by atoms with van der Waals surface area (Å²) in [6, 6.07) is 3.55. The van der Waals surface area contributed by atoms with Gasteiger partial charge in [0, 0.05) is 7.05 Å². The van der Waals surface area contributed by atoms with Crippen LogP contribution in [0.4, 0.5) is 0 Å². The zero-order valence-electron chi connectivity index (χ0n) is 9.86. The van der Waals surface area contributed by atoms with E-state index in [2.05, 4.69) is 19.9 Å². The summed E-state index contributed by atoms with van der Waals surface area (Å²) in [7, 11) is 1.63. The van der Waals surface area contributed by atoms with E-state index >= 15 is 0 Å². The van der Waals surface area contributed by atoms with Crippen molar-refractivity contribution in [2.45, 2.75) is 0 Å². The Morgan fingerprint density at radius 1 is 1.37 bits per heavy atom. The van der Waals surface area contributed by atoms with Crippen LogP contribution in [0.3, 0.4) is 0 Å². The fourth-order valence-electron chi connectivity index (χ4n) is 2.05. The van der Waals surface area contributed by atoms with Crippen molar-refractivity contribution in [1.82, 2.24) is 29.1 Å². The second-order valence-electron chi connectivity index (χ2n) is 4.08. The number of furan rings is 1. The maximum Gasteiger partial charge on any atom is 0.365 e. The number of imidazole rings is 1. The largest absolute Gasteiger partial charge is 0.461 e. The number of nitrogens with one attached hydrogen (secondary N) is 1. The molecule has 94 valence electrons. The van der Waals surface area contributed by atoms with Crippen LogP contribution < -0.4 is 5.69 Å². The Kier molecular flexibility index (Phi) is 1.75. The van der Waals surface area contributed by atoms with Crippen LogP contribution >= 0.6 is 0 Å². The topological polar surface area (TPSA) is 94.0 Å². The first-order chi connectivity index (χ1) is 9.24. The van der Waals surface area contributed by atoms with Crippen molar-refractivity contribution < 1.29 is 4.42 Å². The zero-order valence-corrected chi connectivity index (χ0v) is 9.86.